The molecular weight excluding hydrogens is 160 g/mol. The van der Waals surface area contributed by atoms with Gasteiger partial charge in [0.1, 0.15) is 0 Å². The Balaban J connectivity index is 2.92. The molecule has 0 aliphatic heterocycles. The summed E-state index contributed by atoms with van der Waals surface area (Å²) in [5.74, 6) is 0. The molecule has 0 radical (unpaired) electrons. The first-order valence-electron chi connectivity index (χ1n) is 4.26. The predicted octanol–water partition coefficient (Wildman–Crippen LogP) is 2.96. The van der Waals surface area contributed by atoms with Gasteiger partial charge in [0.15, 0.2) is 6.29 Å². The van der Waals surface area contributed by atoms with Crippen molar-refractivity contribution in [2.75, 3.05) is 0 Å². The van der Waals surface area contributed by atoms with E-state index in [-0.39, 0.29) is 0 Å². The molecule has 0 amide bonds. The van der Waals surface area contributed by atoms with Gasteiger partial charge in [0, 0.05) is 5.56 Å². The quantitative estimate of drug-likeness (QED) is 0.601. The summed E-state index contributed by atoms with van der Waals surface area (Å²) in [5, 5.41) is 2.20. The van der Waals surface area contributed by atoms with Gasteiger partial charge in [0.05, 0.1) is 0 Å². The fourth-order valence-corrected chi connectivity index (χ4v) is 1.58. The van der Waals surface area contributed by atoms with E-state index in [1.807, 2.05) is 36.4 Å². The van der Waals surface area contributed by atoms with Gasteiger partial charge < -0.3 is 0 Å². The minimum Gasteiger partial charge on any atom is -0.298 e. The van der Waals surface area contributed by atoms with Crippen LogP contribution in [0, 0.1) is 6.92 Å². The van der Waals surface area contributed by atoms with Crippen LogP contribution in [0.4, 0.5) is 0 Å². The van der Waals surface area contributed by atoms with Crippen LogP contribution in [0.1, 0.15) is 15.9 Å². The molecule has 13 heavy (non-hydrogen) atoms. The molecule has 2 aromatic rings. The van der Waals surface area contributed by atoms with Gasteiger partial charge in [0.25, 0.3) is 0 Å². The van der Waals surface area contributed by atoms with E-state index in [1.54, 1.807) is 0 Å². The Morgan fingerprint density at radius 1 is 1.00 bits per heavy atom. The van der Waals surface area contributed by atoms with Crippen molar-refractivity contribution in [2.24, 2.45) is 0 Å². The molecule has 0 heterocycles. The number of carbonyl (C=O) groups is 1. The van der Waals surface area contributed by atoms with Gasteiger partial charge in [-0.1, -0.05) is 36.4 Å². The van der Waals surface area contributed by atoms with E-state index in [0.717, 1.165) is 22.6 Å². The van der Waals surface area contributed by atoms with E-state index in [4.69, 9.17) is 0 Å². The first kappa shape index (κ1) is 7.99. The van der Waals surface area contributed by atoms with Crippen molar-refractivity contribution < 1.29 is 4.79 Å². The Morgan fingerprint density at radius 3 is 2.38 bits per heavy atom. The smallest absolute Gasteiger partial charge is 0.150 e. The monoisotopic (exact) mass is 170 g/mol. The molecule has 0 aromatic heterocycles. The van der Waals surface area contributed by atoms with E-state index in [0.29, 0.717) is 0 Å². The van der Waals surface area contributed by atoms with Gasteiger partial charge in [-0.25, -0.2) is 0 Å². The van der Waals surface area contributed by atoms with Gasteiger partial charge >= 0.3 is 0 Å². The van der Waals surface area contributed by atoms with E-state index in [9.17, 15) is 4.79 Å². The summed E-state index contributed by atoms with van der Waals surface area (Å²) < 4.78 is 0. The van der Waals surface area contributed by atoms with Crippen LogP contribution in [-0.4, -0.2) is 6.29 Å². The summed E-state index contributed by atoms with van der Waals surface area (Å²) in [4.78, 5) is 10.7. The van der Waals surface area contributed by atoms with Crippen LogP contribution in [0.25, 0.3) is 10.8 Å². The first-order chi connectivity index (χ1) is 6.33. The van der Waals surface area contributed by atoms with Gasteiger partial charge in [-0.3, -0.25) is 4.79 Å². The van der Waals surface area contributed by atoms with Crippen LogP contribution in [0.2, 0.25) is 0 Å². The summed E-state index contributed by atoms with van der Waals surface area (Å²) in [6.45, 7) is 2.05. The molecule has 0 fully saturated rings. The number of aryl methyl sites for hydroxylation is 1. The van der Waals surface area contributed by atoms with Crippen LogP contribution >= 0.6 is 0 Å². The minimum absolute atomic E-state index is 0.765. The zero-order valence-electron chi connectivity index (χ0n) is 7.45. The molecule has 64 valence electrons. The zero-order valence-corrected chi connectivity index (χ0v) is 7.45. The maximum absolute atomic E-state index is 10.7. The van der Waals surface area contributed by atoms with Gasteiger partial charge in [-0.05, 0) is 23.3 Å². The summed E-state index contributed by atoms with van der Waals surface area (Å²) in [7, 11) is 0. The average Bonchev–Trinajstić information content (AvgIpc) is 2.19. The largest absolute Gasteiger partial charge is 0.298 e. The van der Waals surface area contributed by atoms with Gasteiger partial charge in [0.2, 0.25) is 0 Å². The number of fused-ring (bicyclic) bond motifs is 1. The summed E-state index contributed by atoms with van der Waals surface area (Å²) >= 11 is 0. The fraction of sp³-hybridized carbons (Fsp3) is 0.0833. The molecule has 2 aromatic carbocycles. The SMILES string of the molecule is Cc1ccc(C=O)c2ccccc12. The van der Waals surface area contributed by atoms with Crippen LogP contribution in [-0.2, 0) is 0 Å². The predicted molar refractivity (Wildman–Crippen MR) is 54.1 cm³/mol. The molecule has 0 spiro atoms. The van der Waals surface area contributed by atoms with E-state index in [1.165, 1.54) is 5.56 Å². The highest BCUT2D eigenvalue weighted by Crippen LogP contribution is 2.20. The molecule has 0 bridgehead atoms. The second-order valence-electron chi connectivity index (χ2n) is 3.14. The molecule has 0 unspecified atom stereocenters. The van der Waals surface area contributed by atoms with Crippen molar-refractivity contribution in [1.82, 2.24) is 0 Å². The number of aldehydes is 1. The van der Waals surface area contributed by atoms with Crippen molar-refractivity contribution in [3.63, 3.8) is 0 Å². The van der Waals surface area contributed by atoms with Crippen LogP contribution in [0.3, 0.4) is 0 Å². The standard InChI is InChI=1S/C12H10O/c1-9-6-7-10(8-13)12-5-3-2-4-11(9)12/h2-8H,1H3. The highest BCUT2D eigenvalue weighted by Gasteiger charge is 2.00. The second kappa shape index (κ2) is 3.02. The fourth-order valence-electron chi connectivity index (χ4n) is 1.58. The topological polar surface area (TPSA) is 17.1 Å². The van der Waals surface area contributed by atoms with Crippen molar-refractivity contribution in [1.29, 1.82) is 0 Å². The highest BCUT2D eigenvalue weighted by atomic mass is 16.1. The lowest BCUT2D eigenvalue weighted by Gasteiger charge is -2.03. The third-order valence-electron chi connectivity index (χ3n) is 2.30. The van der Waals surface area contributed by atoms with Crippen molar-refractivity contribution >= 4 is 17.1 Å². The number of carbonyl (C=O) groups excluding carboxylic acids is 1. The lowest BCUT2D eigenvalue weighted by molar-refractivity contribution is 0.112. The van der Waals surface area contributed by atoms with Crippen molar-refractivity contribution in [2.45, 2.75) is 6.92 Å². The Bertz CT molecular complexity index is 458. The molecule has 0 aliphatic rings. The summed E-state index contributed by atoms with van der Waals surface area (Å²) in [6, 6.07) is 11.8. The molecule has 0 N–H and O–H groups in total. The molecule has 2 rings (SSSR count). The minimum atomic E-state index is 0.765. The maximum Gasteiger partial charge on any atom is 0.150 e. The first-order valence-corrected chi connectivity index (χ1v) is 4.26. The number of hydrogen-bond donors (Lipinski definition) is 0. The third-order valence-corrected chi connectivity index (χ3v) is 2.30. The number of benzene rings is 2. The molecule has 0 saturated carbocycles. The number of rotatable bonds is 1. The van der Waals surface area contributed by atoms with Gasteiger partial charge in [-0.2, -0.15) is 0 Å². The Hall–Kier alpha value is -1.63. The zero-order chi connectivity index (χ0) is 9.26. The van der Waals surface area contributed by atoms with E-state index >= 15 is 0 Å². The highest BCUT2D eigenvalue weighted by molar-refractivity contribution is 5.99. The Morgan fingerprint density at radius 2 is 1.69 bits per heavy atom. The van der Waals surface area contributed by atoms with Crippen molar-refractivity contribution in [3.8, 4) is 0 Å². The average molecular weight is 170 g/mol. The van der Waals surface area contributed by atoms with Crippen LogP contribution in [0.15, 0.2) is 36.4 Å². The van der Waals surface area contributed by atoms with E-state index in [2.05, 4.69) is 6.92 Å². The van der Waals surface area contributed by atoms with Crippen molar-refractivity contribution in [3.05, 3.63) is 47.5 Å². The van der Waals surface area contributed by atoms with Crippen LogP contribution in [0.5, 0.6) is 0 Å². The van der Waals surface area contributed by atoms with E-state index < -0.39 is 0 Å². The molecule has 0 saturated heterocycles. The van der Waals surface area contributed by atoms with Gasteiger partial charge in [-0.15, -0.1) is 0 Å². The number of hydrogen-bond acceptors (Lipinski definition) is 1. The maximum atomic E-state index is 10.7. The summed E-state index contributed by atoms with van der Waals surface area (Å²) in [5.41, 5.74) is 1.97. The third kappa shape index (κ3) is 1.22. The normalized spacial score (nSPS) is 10.2. The molecule has 0 atom stereocenters. The van der Waals surface area contributed by atoms with Crippen LogP contribution < -0.4 is 0 Å². The second-order valence-corrected chi connectivity index (χ2v) is 3.14. The lowest BCUT2D eigenvalue weighted by atomic mass is 10.0. The Labute approximate surface area is 77.0 Å². The molecule has 0 aliphatic carbocycles. The molecule has 1 nitrogen and oxygen atoms in total. The molecular formula is C12H10O. The summed E-state index contributed by atoms with van der Waals surface area (Å²) in [6.07, 6.45) is 0.905. The lowest BCUT2D eigenvalue weighted by Crippen LogP contribution is -1.85. The Kier molecular flexibility index (Phi) is 1.85. The molecule has 1 heteroatoms.